The van der Waals surface area contributed by atoms with Crippen LogP contribution in [0.1, 0.15) is 16.7 Å². The minimum absolute atomic E-state index is 0.0413. The van der Waals surface area contributed by atoms with E-state index in [4.69, 9.17) is 0 Å². The molecule has 0 fully saturated rings. The minimum Gasteiger partial charge on any atom is -0.326 e. The largest absolute Gasteiger partial charge is 0.326 e. The van der Waals surface area contributed by atoms with Gasteiger partial charge in [-0.1, -0.05) is 24.3 Å². The van der Waals surface area contributed by atoms with Crippen molar-refractivity contribution in [3.8, 4) is 0 Å². The summed E-state index contributed by atoms with van der Waals surface area (Å²) in [5.74, 6) is -0.562. The normalized spacial score (nSPS) is 10.3. The molecule has 0 aliphatic carbocycles. The average Bonchev–Trinajstić information content (AvgIpc) is 2.30. The third-order valence-electron chi connectivity index (χ3n) is 2.81. The van der Waals surface area contributed by atoms with Gasteiger partial charge < -0.3 is 5.32 Å². The van der Waals surface area contributed by atoms with E-state index in [1.54, 1.807) is 18.2 Å². The molecular weight excluding hydrogens is 241 g/mol. The molecular formula is C16H16FNO. The molecule has 0 spiro atoms. The standard InChI is InChI=1S/C16H16FNO/c1-11-7-12(2)9-14(8-11)18-16(19)10-13-5-3-4-6-15(13)17/h3-9H,10H2,1-2H3,(H,18,19). The second-order valence-corrected chi connectivity index (χ2v) is 4.69. The molecule has 2 aromatic rings. The molecule has 1 amide bonds. The number of halogens is 1. The van der Waals surface area contributed by atoms with Gasteiger partial charge in [-0.3, -0.25) is 4.79 Å². The van der Waals surface area contributed by atoms with E-state index in [9.17, 15) is 9.18 Å². The lowest BCUT2D eigenvalue weighted by Crippen LogP contribution is -2.15. The molecule has 0 radical (unpaired) electrons. The first kappa shape index (κ1) is 13.3. The molecule has 19 heavy (non-hydrogen) atoms. The van der Waals surface area contributed by atoms with Gasteiger partial charge >= 0.3 is 0 Å². The van der Waals surface area contributed by atoms with E-state index < -0.39 is 0 Å². The molecule has 0 saturated heterocycles. The molecule has 0 unspecified atom stereocenters. The van der Waals surface area contributed by atoms with E-state index in [0.717, 1.165) is 16.8 Å². The lowest BCUT2D eigenvalue weighted by Gasteiger charge is -2.08. The monoisotopic (exact) mass is 257 g/mol. The van der Waals surface area contributed by atoms with Gasteiger partial charge in [0.15, 0.2) is 0 Å². The Balaban J connectivity index is 2.07. The van der Waals surface area contributed by atoms with Crippen LogP contribution in [0.25, 0.3) is 0 Å². The van der Waals surface area contributed by atoms with Crippen LogP contribution in [0, 0.1) is 19.7 Å². The van der Waals surface area contributed by atoms with Gasteiger partial charge in [-0.15, -0.1) is 0 Å². The van der Waals surface area contributed by atoms with Crippen molar-refractivity contribution in [1.29, 1.82) is 0 Å². The zero-order valence-corrected chi connectivity index (χ0v) is 11.0. The Morgan fingerprint density at radius 3 is 2.37 bits per heavy atom. The van der Waals surface area contributed by atoms with Crippen LogP contribution < -0.4 is 5.32 Å². The fourth-order valence-corrected chi connectivity index (χ4v) is 2.07. The van der Waals surface area contributed by atoms with Crippen molar-refractivity contribution in [2.24, 2.45) is 0 Å². The zero-order chi connectivity index (χ0) is 13.8. The van der Waals surface area contributed by atoms with Crippen molar-refractivity contribution in [2.75, 3.05) is 5.32 Å². The van der Waals surface area contributed by atoms with Gasteiger partial charge in [-0.05, 0) is 48.7 Å². The number of hydrogen-bond donors (Lipinski definition) is 1. The number of hydrogen-bond acceptors (Lipinski definition) is 1. The van der Waals surface area contributed by atoms with E-state index in [1.165, 1.54) is 6.07 Å². The average molecular weight is 257 g/mol. The maximum atomic E-state index is 13.4. The van der Waals surface area contributed by atoms with Gasteiger partial charge in [0, 0.05) is 5.69 Å². The minimum atomic E-state index is -0.349. The summed E-state index contributed by atoms with van der Waals surface area (Å²) in [5.41, 5.74) is 3.32. The Kier molecular flexibility index (Phi) is 3.95. The Morgan fingerprint density at radius 1 is 1.11 bits per heavy atom. The molecule has 0 bridgehead atoms. The summed E-state index contributed by atoms with van der Waals surface area (Å²) in [6, 6.07) is 12.1. The number of aryl methyl sites for hydroxylation is 2. The van der Waals surface area contributed by atoms with Crippen LogP contribution >= 0.6 is 0 Å². The Bertz CT molecular complexity index is 587. The lowest BCUT2D eigenvalue weighted by atomic mass is 10.1. The van der Waals surface area contributed by atoms with Crippen LogP contribution in [-0.4, -0.2) is 5.91 Å². The Morgan fingerprint density at radius 2 is 1.74 bits per heavy atom. The summed E-state index contributed by atoms with van der Waals surface area (Å²) in [6.07, 6.45) is 0.0413. The highest BCUT2D eigenvalue weighted by atomic mass is 19.1. The van der Waals surface area contributed by atoms with Crippen LogP contribution in [0.15, 0.2) is 42.5 Å². The summed E-state index contributed by atoms with van der Waals surface area (Å²) in [6.45, 7) is 3.94. The van der Waals surface area contributed by atoms with Crippen molar-refractivity contribution in [3.05, 3.63) is 65.0 Å². The highest BCUT2D eigenvalue weighted by Gasteiger charge is 2.08. The summed E-state index contributed by atoms with van der Waals surface area (Å²) < 4.78 is 13.4. The first-order valence-electron chi connectivity index (χ1n) is 6.16. The Labute approximate surface area is 112 Å². The number of amides is 1. The quantitative estimate of drug-likeness (QED) is 0.894. The molecule has 0 heterocycles. The molecule has 0 aliphatic rings. The lowest BCUT2D eigenvalue weighted by molar-refractivity contribution is -0.115. The molecule has 1 N–H and O–H groups in total. The fourth-order valence-electron chi connectivity index (χ4n) is 2.07. The van der Waals surface area contributed by atoms with Crippen molar-refractivity contribution in [2.45, 2.75) is 20.3 Å². The van der Waals surface area contributed by atoms with Crippen LogP contribution in [0.5, 0.6) is 0 Å². The van der Waals surface area contributed by atoms with Crippen molar-refractivity contribution in [1.82, 2.24) is 0 Å². The topological polar surface area (TPSA) is 29.1 Å². The fraction of sp³-hybridized carbons (Fsp3) is 0.188. The number of carbonyl (C=O) groups excluding carboxylic acids is 1. The van der Waals surface area contributed by atoms with Crippen LogP contribution in [0.4, 0.5) is 10.1 Å². The van der Waals surface area contributed by atoms with E-state index in [0.29, 0.717) is 5.56 Å². The third-order valence-corrected chi connectivity index (χ3v) is 2.81. The zero-order valence-electron chi connectivity index (χ0n) is 11.0. The first-order valence-corrected chi connectivity index (χ1v) is 6.16. The van der Waals surface area contributed by atoms with Gasteiger partial charge in [0.05, 0.1) is 6.42 Å². The van der Waals surface area contributed by atoms with E-state index in [1.807, 2.05) is 32.0 Å². The molecule has 3 heteroatoms. The number of rotatable bonds is 3. The third kappa shape index (κ3) is 3.65. The molecule has 2 nitrogen and oxygen atoms in total. The van der Waals surface area contributed by atoms with Crippen LogP contribution in [-0.2, 0) is 11.2 Å². The second kappa shape index (κ2) is 5.65. The molecule has 2 aromatic carbocycles. The number of anilines is 1. The first-order chi connectivity index (χ1) is 9.04. The van der Waals surface area contributed by atoms with Crippen LogP contribution in [0.2, 0.25) is 0 Å². The maximum absolute atomic E-state index is 13.4. The number of carbonyl (C=O) groups is 1. The van der Waals surface area contributed by atoms with Crippen molar-refractivity contribution in [3.63, 3.8) is 0 Å². The molecule has 0 atom stereocenters. The molecule has 98 valence electrons. The summed E-state index contributed by atoms with van der Waals surface area (Å²) in [5, 5.41) is 2.79. The highest BCUT2D eigenvalue weighted by molar-refractivity contribution is 5.92. The Hall–Kier alpha value is -2.16. The van der Waals surface area contributed by atoms with E-state index in [2.05, 4.69) is 5.32 Å². The van der Waals surface area contributed by atoms with Gasteiger partial charge in [-0.2, -0.15) is 0 Å². The van der Waals surface area contributed by atoms with Crippen LogP contribution in [0.3, 0.4) is 0 Å². The molecule has 0 aliphatic heterocycles. The van der Waals surface area contributed by atoms with Gasteiger partial charge in [0.1, 0.15) is 5.82 Å². The predicted molar refractivity (Wildman–Crippen MR) is 74.6 cm³/mol. The summed E-state index contributed by atoms with van der Waals surface area (Å²) in [7, 11) is 0. The van der Waals surface area contributed by atoms with Crippen molar-refractivity contribution >= 4 is 11.6 Å². The second-order valence-electron chi connectivity index (χ2n) is 4.69. The predicted octanol–water partition coefficient (Wildman–Crippen LogP) is 3.62. The SMILES string of the molecule is Cc1cc(C)cc(NC(=O)Cc2ccccc2F)c1. The number of nitrogens with one attached hydrogen (secondary N) is 1. The maximum Gasteiger partial charge on any atom is 0.228 e. The summed E-state index contributed by atoms with van der Waals surface area (Å²) >= 11 is 0. The van der Waals surface area contributed by atoms with Crippen molar-refractivity contribution < 1.29 is 9.18 Å². The highest BCUT2D eigenvalue weighted by Crippen LogP contribution is 2.15. The summed E-state index contributed by atoms with van der Waals surface area (Å²) in [4.78, 5) is 11.9. The van der Waals surface area contributed by atoms with Gasteiger partial charge in [0.25, 0.3) is 0 Å². The van der Waals surface area contributed by atoms with E-state index >= 15 is 0 Å². The van der Waals surface area contributed by atoms with Gasteiger partial charge in [-0.25, -0.2) is 4.39 Å². The van der Waals surface area contributed by atoms with Gasteiger partial charge in [0.2, 0.25) is 5.91 Å². The van der Waals surface area contributed by atoms with E-state index in [-0.39, 0.29) is 18.1 Å². The number of benzene rings is 2. The smallest absolute Gasteiger partial charge is 0.228 e. The molecule has 0 saturated carbocycles. The molecule has 0 aromatic heterocycles. The molecule has 2 rings (SSSR count).